The standard InChI is InChI=1S/C12H14N2O6/c1-19-8-4-2-3-7(11(16)17)10(8)20-6-5-9(15)14-12(13)18/h2-4H,5-6H2,1H3,(H,16,17)(H3,13,14,15,18). The molecule has 108 valence electrons. The molecular formula is C12H14N2O6. The number of carboxylic acid groups (broad SMARTS) is 1. The summed E-state index contributed by atoms with van der Waals surface area (Å²) in [5, 5.41) is 10.9. The maximum absolute atomic E-state index is 11.2. The molecular weight excluding hydrogens is 268 g/mol. The molecule has 0 fully saturated rings. The predicted molar refractivity (Wildman–Crippen MR) is 67.8 cm³/mol. The molecule has 8 heteroatoms. The topological polar surface area (TPSA) is 128 Å². The van der Waals surface area contributed by atoms with Gasteiger partial charge in [-0.25, -0.2) is 9.59 Å². The van der Waals surface area contributed by atoms with E-state index in [1.165, 1.54) is 25.3 Å². The number of para-hydroxylation sites is 1. The van der Waals surface area contributed by atoms with Gasteiger partial charge in [-0.3, -0.25) is 10.1 Å². The van der Waals surface area contributed by atoms with Gasteiger partial charge in [0.05, 0.1) is 20.1 Å². The number of primary amides is 1. The lowest BCUT2D eigenvalue weighted by Crippen LogP contribution is -2.35. The van der Waals surface area contributed by atoms with Crippen LogP contribution < -0.4 is 20.5 Å². The average molecular weight is 282 g/mol. The fourth-order valence-electron chi connectivity index (χ4n) is 1.44. The number of aromatic carboxylic acids is 1. The molecule has 8 nitrogen and oxygen atoms in total. The van der Waals surface area contributed by atoms with Crippen molar-refractivity contribution in [1.82, 2.24) is 5.32 Å². The summed E-state index contributed by atoms with van der Waals surface area (Å²) in [5.41, 5.74) is 4.69. The van der Waals surface area contributed by atoms with Crippen LogP contribution >= 0.6 is 0 Å². The Hall–Kier alpha value is -2.77. The molecule has 20 heavy (non-hydrogen) atoms. The van der Waals surface area contributed by atoms with E-state index in [4.69, 9.17) is 20.3 Å². The van der Waals surface area contributed by atoms with Crippen LogP contribution in [0.3, 0.4) is 0 Å². The molecule has 4 N–H and O–H groups in total. The van der Waals surface area contributed by atoms with Crippen LogP contribution in [0.15, 0.2) is 18.2 Å². The molecule has 0 bridgehead atoms. The highest BCUT2D eigenvalue weighted by Crippen LogP contribution is 2.31. The first-order chi connectivity index (χ1) is 9.45. The van der Waals surface area contributed by atoms with E-state index < -0.39 is 17.9 Å². The Labute approximate surface area is 114 Å². The SMILES string of the molecule is COc1cccc(C(=O)O)c1OCCC(=O)NC(N)=O. The van der Waals surface area contributed by atoms with Crippen molar-refractivity contribution >= 4 is 17.9 Å². The molecule has 0 aliphatic rings. The van der Waals surface area contributed by atoms with Crippen molar-refractivity contribution in [1.29, 1.82) is 0 Å². The highest BCUT2D eigenvalue weighted by molar-refractivity contribution is 5.93. The minimum Gasteiger partial charge on any atom is -0.493 e. The van der Waals surface area contributed by atoms with Crippen molar-refractivity contribution in [3.63, 3.8) is 0 Å². The van der Waals surface area contributed by atoms with Gasteiger partial charge in [-0.1, -0.05) is 6.07 Å². The molecule has 0 atom stereocenters. The Bertz CT molecular complexity index is 529. The normalized spacial score (nSPS) is 9.65. The van der Waals surface area contributed by atoms with Crippen molar-refractivity contribution in [2.24, 2.45) is 5.73 Å². The third-order valence-corrected chi connectivity index (χ3v) is 2.27. The van der Waals surface area contributed by atoms with E-state index in [0.717, 1.165) is 0 Å². The van der Waals surface area contributed by atoms with Crippen molar-refractivity contribution in [3.8, 4) is 11.5 Å². The number of hydrogen-bond donors (Lipinski definition) is 3. The molecule has 0 aromatic heterocycles. The summed E-state index contributed by atoms with van der Waals surface area (Å²) in [4.78, 5) is 32.7. The van der Waals surface area contributed by atoms with Crippen LogP contribution in [0.2, 0.25) is 0 Å². The molecule has 0 radical (unpaired) electrons. The van der Waals surface area contributed by atoms with Crippen LogP contribution in [-0.4, -0.2) is 36.7 Å². The summed E-state index contributed by atoms with van der Waals surface area (Å²) in [5.74, 6) is -1.54. The van der Waals surface area contributed by atoms with Crippen LogP contribution in [0.4, 0.5) is 4.79 Å². The Morgan fingerprint density at radius 1 is 1.35 bits per heavy atom. The zero-order chi connectivity index (χ0) is 15.1. The molecule has 1 rings (SSSR count). The minimum absolute atomic E-state index is 0.0226. The van der Waals surface area contributed by atoms with Gasteiger partial charge in [-0.15, -0.1) is 0 Å². The van der Waals surface area contributed by atoms with Gasteiger partial charge < -0.3 is 20.3 Å². The number of carboxylic acids is 1. The number of carbonyl (C=O) groups excluding carboxylic acids is 2. The number of nitrogens with one attached hydrogen (secondary N) is 1. The van der Waals surface area contributed by atoms with E-state index in [0.29, 0.717) is 0 Å². The lowest BCUT2D eigenvalue weighted by atomic mass is 10.2. The number of benzene rings is 1. The van der Waals surface area contributed by atoms with Crippen molar-refractivity contribution in [3.05, 3.63) is 23.8 Å². The Morgan fingerprint density at radius 3 is 2.60 bits per heavy atom. The molecule has 0 spiro atoms. The van der Waals surface area contributed by atoms with Gasteiger partial charge in [0.2, 0.25) is 5.91 Å². The Morgan fingerprint density at radius 2 is 2.05 bits per heavy atom. The number of urea groups is 1. The highest BCUT2D eigenvalue weighted by Gasteiger charge is 2.16. The number of carbonyl (C=O) groups is 3. The summed E-state index contributed by atoms with van der Waals surface area (Å²) in [6.45, 7) is -0.125. The number of methoxy groups -OCH3 is 1. The molecule has 0 unspecified atom stereocenters. The zero-order valence-electron chi connectivity index (χ0n) is 10.7. The van der Waals surface area contributed by atoms with Crippen LogP contribution in [0.5, 0.6) is 11.5 Å². The monoisotopic (exact) mass is 282 g/mol. The van der Waals surface area contributed by atoms with E-state index in [1.807, 2.05) is 5.32 Å². The molecule has 1 aromatic carbocycles. The maximum Gasteiger partial charge on any atom is 0.339 e. The third-order valence-electron chi connectivity index (χ3n) is 2.27. The molecule has 0 saturated heterocycles. The second-order valence-corrected chi connectivity index (χ2v) is 3.65. The number of amides is 3. The third kappa shape index (κ3) is 4.16. The second-order valence-electron chi connectivity index (χ2n) is 3.65. The van der Waals surface area contributed by atoms with Gasteiger partial charge in [0.1, 0.15) is 5.56 Å². The number of imide groups is 1. The smallest absolute Gasteiger partial charge is 0.339 e. The number of rotatable bonds is 6. The van der Waals surface area contributed by atoms with Crippen molar-refractivity contribution in [2.75, 3.05) is 13.7 Å². The van der Waals surface area contributed by atoms with Crippen molar-refractivity contribution < 1.29 is 29.0 Å². The van der Waals surface area contributed by atoms with E-state index in [2.05, 4.69) is 0 Å². The summed E-state index contributed by atoms with van der Waals surface area (Å²) in [6.07, 6.45) is -0.153. The van der Waals surface area contributed by atoms with Gasteiger partial charge in [0.25, 0.3) is 0 Å². The molecule has 3 amide bonds. The molecule has 0 aliphatic carbocycles. The van der Waals surface area contributed by atoms with E-state index in [1.54, 1.807) is 0 Å². The summed E-state index contributed by atoms with van der Waals surface area (Å²) in [7, 11) is 1.37. The van der Waals surface area contributed by atoms with Gasteiger partial charge in [-0.05, 0) is 12.1 Å². The molecule has 0 heterocycles. The summed E-state index contributed by atoms with van der Waals surface area (Å²) in [6, 6.07) is 3.43. The predicted octanol–water partition coefficient (Wildman–Crippen LogP) is 0.357. The minimum atomic E-state index is -1.18. The molecule has 1 aromatic rings. The first-order valence-electron chi connectivity index (χ1n) is 5.58. The zero-order valence-corrected chi connectivity index (χ0v) is 10.7. The largest absolute Gasteiger partial charge is 0.493 e. The highest BCUT2D eigenvalue weighted by atomic mass is 16.5. The van der Waals surface area contributed by atoms with Crippen LogP contribution in [0, 0.1) is 0 Å². The van der Waals surface area contributed by atoms with E-state index >= 15 is 0 Å². The fraction of sp³-hybridized carbons (Fsp3) is 0.250. The van der Waals surface area contributed by atoms with Gasteiger partial charge in [-0.2, -0.15) is 0 Å². The Balaban J connectivity index is 2.74. The number of ether oxygens (including phenoxy) is 2. The van der Waals surface area contributed by atoms with Gasteiger partial charge in [0.15, 0.2) is 11.5 Å². The van der Waals surface area contributed by atoms with Crippen LogP contribution in [0.1, 0.15) is 16.8 Å². The second kappa shape index (κ2) is 6.98. The summed E-state index contributed by atoms with van der Waals surface area (Å²) >= 11 is 0. The molecule has 0 saturated carbocycles. The average Bonchev–Trinajstić information content (AvgIpc) is 2.37. The van der Waals surface area contributed by atoms with Crippen molar-refractivity contribution in [2.45, 2.75) is 6.42 Å². The Kier molecular flexibility index (Phi) is 5.33. The quantitative estimate of drug-likeness (QED) is 0.691. The first-order valence-corrected chi connectivity index (χ1v) is 5.58. The number of nitrogens with two attached hydrogens (primary N) is 1. The lowest BCUT2D eigenvalue weighted by molar-refractivity contribution is -0.120. The van der Waals surface area contributed by atoms with Gasteiger partial charge >= 0.3 is 12.0 Å². The lowest BCUT2D eigenvalue weighted by Gasteiger charge is -2.12. The summed E-state index contributed by atoms with van der Waals surface area (Å²) < 4.78 is 10.2. The first kappa shape index (κ1) is 15.3. The van der Waals surface area contributed by atoms with E-state index in [9.17, 15) is 14.4 Å². The maximum atomic E-state index is 11.2. The van der Waals surface area contributed by atoms with Crippen LogP contribution in [-0.2, 0) is 4.79 Å². The van der Waals surface area contributed by atoms with Crippen LogP contribution in [0.25, 0.3) is 0 Å². The van der Waals surface area contributed by atoms with E-state index in [-0.39, 0.29) is 30.1 Å². The molecule has 0 aliphatic heterocycles. The van der Waals surface area contributed by atoms with Gasteiger partial charge in [0, 0.05) is 0 Å². The fourth-order valence-corrected chi connectivity index (χ4v) is 1.44. The number of hydrogen-bond acceptors (Lipinski definition) is 5.